The molecule has 0 saturated heterocycles. The Bertz CT molecular complexity index is 557. The topological polar surface area (TPSA) is 61.7 Å². The first-order valence-electron chi connectivity index (χ1n) is 4.53. The summed E-state index contributed by atoms with van der Waals surface area (Å²) >= 11 is 0. The van der Waals surface area contributed by atoms with Gasteiger partial charge in [-0.2, -0.15) is 10.4 Å². The number of hydrogen-bond acceptors (Lipinski definition) is 3. The maximum atomic E-state index is 13.7. The van der Waals surface area contributed by atoms with Crippen LogP contribution in [0.4, 0.5) is 4.39 Å². The zero-order valence-electron chi connectivity index (χ0n) is 8.49. The molecule has 1 aromatic heterocycles. The molecule has 0 bridgehead atoms. The van der Waals surface area contributed by atoms with Gasteiger partial charge in [-0.25, -0.2) is 9.49 Å². The molecule has 0 amide bonds. The van der Waals surface area contributed by atoms with Crippen LogP contribution in [-0.4, -0.2) is 17.3 Å². The third-order valence-electron chi connectivity index (χ3n) is 2.20. The summed E-state index contributed by atoms with van der Waals surface area (Å²) in [4.78, 5) is 0. The van der Waals surface area contributed by atoms with Gasteiger partial charge in [0.1, 0.15) is 5.82 Å². The van der Waals surface area contributed by atoms with Crippen molar-refractivity contribution in [3.8, 4) is 23.1 Å². The summed E-state index contributed by atoms with van der Waals surface area (Å²) in [6, 6.07) is 6.13. The summed E-state index contributed by atoms with van der Waals surface area (Å²) in [7, 11) is 1.47. The first-order chi connectivity index (χ1) is 7.76. The molecule has 0 unspecified atom stereocenters. The summed E-state index contributed by atoms with van der Waals surface area (Å²) in [6.07, 6.45) is 1.48. The van der Waals surface area contributed by atoms with Gasteiger partial charge >= 0.3 is 0 Å². The molecule has 0 aliphatic carbocycles. The van der Waals surface area contributed by atoms with E-state index in [2.05, 4.69) is 10.2 Å². The van der Waals surface area contributed by atoms with Crippen molar-refractivity contribution in [1.82, 2.24) is 10.2 Å². The number of benzene rings is 1. The number of aromatic nitrogens is 2. The van der Waals surface area contributed by atoms with Crippen LogP contribution in [-0.2, 0) is 0 Å². The van der Waals surface area contributed by atoms with E-state index >= 15 is 0 Å². The van der Waals surface area contributed by atoms with E-state index < -0.39 is 5.82 Å². The van der Waals surface area contributed by atoms with E-state index in [9.17, 15) is 4.39 Å². The molecule has 16 heavy (non-hydrogen) atoms. The quantitative estimate of drug-likeness (QED) is 0.837. The minimum Gasteiger partial charge on any atom is -0.481 e. The van der Waals surface area contributed by atoms with E-state index in [4.69, 9.17) is 10.00 Å². The predicted octanol–water partition coefficient (Wildman–Crippen LogP) is 2.10. The summed E-state index contributed by atoms with van der Waals surface area (Å²) in [5.41, 5.74) is 1.16. The van der Waals surface area contributed by atoms with Crippen molar-refractivity contribution in [2.45, 2.75) is 0 Å². The molecule has 1 heterocycles. The van der Waals surface area contributed by atoms with Gasteiger partial charge in [0.25, 0.3) is 0 Å². The number of rotatable bonds is 2. The first-order valence-corrected chi connectivity index (χ1v) is 4.53. The van der Waals surface area contributed by atoms with Crippen LogP contribution in [0.1, 0.15) is 5.56 Å². The molecule has 0 aliphatic heterocycles. The fourth-order valence-electron chi connectivity index (χ4n) is 1.42. The third-order valence-corrected chi connectivity index (χ3v) is 2.20. The number of H-pyrrole nitrogens is 1. The third kappa shape index (κ3) is 1.61. The minimum atomic E-state index is -0.473. The van der Waals surface area contributed by atoms with Crippen LogP contribution < -0.4 is 4.74 Å². The van der Waals surface area contributed by atoms with Crippen molar-refractivity contribution in [1.29, 1.82) is 5.26 Å². The van der Waals surface area contributed by atoms with Crippen molar-refractivity contribution in [2.24, 2.45) is 0 Å². The normalized spacial score (nSPS) is 9.81. The molecule has 2 rings (SSSR count). The van der Waals surface area contributed by atoms with Crippen LogP contribution in [0.5, 0.6) is 5.88 Å². The van der Waals surface area contributed by atoms with Crippen molar-refractivity contribution >= 4 is 0 Å². The Morgan fingerprint density at radius 1 is 1.44 bits per heavy atom. The van der Waals surface area contributed by atoms with Crippen LogP contribution in [0.3, 0.4) is 0 Å². The predicted molar refractivity (Wildman–Crippen MR) is 55.2 cm³/mol. The highest BCUT2D eigenvalue weighted by atomic mass is 19.1. The van der Waals surface area contributed by atoms with Gasteiger partial charge in [-0.3, -0.25) is 0 Å². The van der Waals surface area contributed by atoms with Gasteiger partial charge in [0.05, 0.1) is 30.5 Å². The van der Waals surface area contributed by atoms with Crippen LogP contribution in [0, 0.1) is 17.1 Å². The van der Waals surface area contributed by atoms with Crippen LogP contribution in [0.25, 0.3) is 11.1 Å². The van der Waals surface area contributed by atoms with E-state index in [0.717, 1.165) is 0 Å². The number of halogens is 1. The molecule has 0 atom stereocenters. The molecule has 1 aromatic carbocycles. The van der Waals surface area contributed by atoms with Crippen LogP contribution in [0.2, 0.25) is 0 Å². The molecule has 0 aliphatic rings. The number of nitrogens with one attached hydrogen (secondary N) is 1. The Morgan fingerprint density at radius 3 is 2.88 bits per heavy atom. The van der Waals surface area contributed by atoms with E-state index in [1.54, 1.807) is 6.07 Å². The Kier molecular flexibility index (Phi) is 2.56. The van der Waals surface area contributed by atoms with Crippen LogP contribution in [0.15, 0.2) is 24.4 Å². The summed E-state index contributed by atoms with van der Waals surface area (Å²) in [6.45, 7) is 0. The van der Waals surface area contributed by atoms with Gasteiger partial charge in [0.2, 0.25) is 5.88 Å². The summed E-state index contributed by atoms with van der Waals surface area (Å²) in [5, 5.41) is 15.0. The highest BCUT2D eigenvalue weighted by Crippen LogP contribution is 2.29. The molecule has 1 N–H and O–H groups in total. The number of nitrogens with zero attached hydrogens (tertiary/aromatic N) is 2. The molecule has 0 saturated carbocycles. The highest BCUT2D eigenvalue weighted by molar-refractivity contribution is 5.69. The van der Waals surface area contributed by atoms with E-state index in [-0.39, 0.29) is 5.56 Å². The number of ether oxygens (including phenoxy) is 1. The van der Waals surface area contributed by atoms with Gasteiger partial charge in [-0.05, 0) is 18.2 Å². The number of methoxy groups -OCH3 is 1. The molecule has 0 spiro atoms. The zero-order valence-corrected chi connectivity index (χ0v) is 8.49. The summed E-state index contributed by atoms with van der Waals surface area (Å²) < 4.78 is 18.7. The molecule has 5 heteroatoms. The Balaban J connectivity index is 2.53. The van der Waals surface area contributed by atoms with Gasteiger partial charge in [-0.1, -0.05) is 0 Å². The zero-order chi connectivity index (χ0) is 11.5. The lowest BCUT2D eigenvalue weighted by Crippen LogP contribution is -1.89. The molecular weight excluding hydrogens is 209 g/mol. The molecule has 2 aromatic rings. The lowest BCUT2D eigenvalue weighted by molar-refractivity contribution is 0.398. The largest absolute Gasteiger partial charge is 0.481 e. The maximum Gasteiger partial charge on any atom is 0.217 e. The fourth-order valence-corrected chi connectivity index (χ4v) is 1.42. The van der Waals surface area contributed by atoms with Gasteiger partial charge in [0.15, 0.2) is 0 Å². The van der Waals surface area contributed by atoms with Crippen molar-refractivity contribution in [3.63, 3.8) is 0 Å². The first kappa shape index (κ1) is 10.2. The monoisotopic (exact) mass is 217 g/mol. The SMILES string of the molecule is COc1[nH]ncc1-c1ccc(C#N)cc1F. The second-order valence-electron chi connectivity index (χ2n) is 3.12. The molecule has 80 valence electrons. The lowest BCUT2D eigenvalue weighted by atomic mass is 10.1. The number of aromatic amines is 1. The average Bonchev–Trinajstić information content (AvgIpc) is 2.76. The van der Waals surface area contributed by atoms with E-state index in [0.29, 0.717) is 17.0 Å². The van der Waals surface area contributed by atoms with Crippen molar-refractivity contribution in [2.75, 3.05) is 7.11 Å². The number of nitriles is 1. The van der Waals surface area contributed by atoms with E-state index in [1.807, 2.05) is 6.07 Å². The van der Waals surface area contributed by atoms with Gasteiger partial charge in [0, 0.05) is 5.56 Å². The smallest absolute Gasteiger partial charge is 0.217 e. The summed E-state index contributed by atoms with van der Waals surface area (Å²) in [5.74, 6) is -0.0812. The Labute approximate surface area is 91.3 Å². The van der Waals surface area contributed by atoms with Crippen molar-refractivity contribution < 1.29 is 9.13 Å². The van der Waals surface area contributed by atoms with Gasteiger partial charge in [-0.15, -0.1) is 0 Å². The fraction of sp³-hybridized carbons (Fsp3) is 0.0909. The van der Waals surface area contributed by atoms with E-state index in [1.165, 1.54) is 25.4 Å². The Hall–Kier alpha value is -2.35. The second kappa shape index (κ2) is 4.03. The standard InChI is InChI=1S/C11H8FN3O/c1-16-11-9(6-14-15-11)8-3-2-7(5-13)4-10(8)12/h2-4,6H,1H3,(H,14,15). The Morgan fingerprint density at radius 2 is 2.25 bits per heavy atom. The minimum absolute atomic E-state index is 0.281. The lowest BCUT2D eigenvalue weighted by Gasteiger charge is -2.03. The second-order valence-corrected chi connectivity index (χ2v) is 3.12. The molecular formula is C11H8FN3O. The highest BCUT2D eigenvalue weighted by Gasteiger charge is 2.12. The van der Waals surface area contributed by atoms with Gasteiger partial charge < -0.3 is 4.74 Å². The average molecular weight is 217 g/mol. The van der Waals surface area contributed by atoms with Crippen LogP contribution >= 0.6 is 0 Å². The molecule has 4 nitrogen and oxygen atoms in total. The number of hydrogen-bond donors (Lipinski definition) is 1. The molecule has 0 fully saturated rings. The maximum absolute atomic E-state index is 13.7. The molecule has 0 radical (unpaired) electrons. The van der Waals surface area contributed by atoms with Crippen molar-refractivity contribution in [3.05, 3.63) is 35.8 Å².